The monoisotopic (exact) mass is 545 g/mol. The van der Waals surface area contributed by atoms with Gasteiger partial charge in [-0.25, -0.2) is 8.42 Å². The average molecular weight is 546 g/mol. The Morgan fingerprint density at radius 2 is 1.71 bits per heavy atom. The van der Waals surface area contributed by atoms with Crippen molar-refractivity contribution in [2.24, 2.45) is 0 Å². The van der Waals surface area contributed by atoms with Crippen molar-refractivity contribution in [1.82, 2.24) is 10.2 Å². The molecule has 0 bridgehead atoms. The second kappa shape index (κ2) is 12.3. The fourth-order valence-corrected chi connectivity index (χ4v) is 4.90. The number of hydrogen-bond acceptors (Lipinski definition) is 6. The van der Waals surface area contributed by atoms with E-state index in [-0.39, 0.29) is 24.4 Å². The molecular weight excluding hydrogens is 517 g/mol. The van der Waals surface area contributed by atoms with Crippen LogP contribution in [-0.4, -0.2) is 65.2 Å². The minimum atomic E-state index is -3.93. The summed E-state index contributed by atoms with van der Waals surface area (Å²) in [4.78, 5) is 27.5. The Bertz CT molecular complexity index is 1160. The van der Waals surface area contributed by atoms with E-state index in [1.807, 2.05) is 0 Å². The van der Waals surface area contributed by atoms with Gasteiger partial charge in [0.2, 0.25) is 21.8 Å². The highest BCUT2D eigenvalue weighted by Crippen LogP contribution is 2.34. The SMILES string of the molecule is CCC(C(=O)NC)N(Cc1c(Cl)cccc1Cl)C(=O)CN(c1ccc(OC)cc1OC)S(C)(=O)=O. The zero-order valence-electron chi connectivity index (χ0n) is 20.2. The van der Waals surface area contributed by atoms with Gasteiger partial charge >= 0.3 is 0 Å². The van der Waals surface area contributed by atoms with Gasteiger partial charge in [-0.1, -0.05) is 36.2 Å². The largest absolute Gasteiger partial charge is 0.497 e. The number of hydrogen-bond donors (Lipinski definition) is 1. The lowest BCUT2D eigenvalue weighted by Gasteiger charge is -2.33. The Labute approximate surface area is 215 Å². The molecule has 12 heteroatoms. The van der Waals surface area contributed by atoms with Gasteiger partial charge in [0, 0.05) is 35.3 Å². The number of methoxy groups -OCH3 is 2. The summed E-state index contributed by atoms with van der Waals surface area (Å²) in [6.45, 7) is 1.06. The van der Waals surface area contributed by atoms with Crippen molar-refractivity contribution in [1.29, 1.82) is 0 Å². The molecule has 0 radical (unpaired) electrons. The molecule has 0 saturated carbocycles. The van der Waals surface area contributed by atoms with Crippen LogP contribution in [0.25, 0.3) is 0 Å². The van der Waals surface area contributed by atoms with Crippen LogP contribution in [0.1, 0.15) is 18.9 Å². The van der Waals surface area contributed by atoms with Crippen LogP contribution in [0.5, 0.6) is 11.5 Å². The van der Waals surface area contributed by atoms with Gasteiger partial charge in [0.05, 0.1) is 26.2 Å². The van der Waals surface area contributed by atoms with E-state index in [0.29, 0.717) is 21.4 Å². The summed E-state index contributed by atoms with van der Waals surface area (Å²) in [7, 11) is 0.372. The van der Waals surface area contributed by atoms with Crippen molar-refractivity contribution in [3.8, 4) is 11.5 Å². The van der Waals surface area contributed by atoms with E-state index in [0.717, 1.165) is 10.6 Å². The van der Waals surface area contributed by atoms with Gasteiger partial charge in [-0.2, -0.15) is 0 Å². The normalized spacial score (nSPS) is 12.0. The van der Waals surface area contributed by atoms with Gasteiger partial charge in [0.15, 0.2) is 0 Å². The van der Waals surface area contributed by atoms with Crippen LogP contribution in [0.2, 0.25) is 10.0 Å². The first-order valence-corrected chi connectivity index (χ1v) is 13.2. The van der Waals surface area contributed by atoms with Crippen molar-refractivity contribution in [2.75, 3.05) is 38.4 Å². The first-order chi connectivity index (χ1) is 16.5. The number of nitrogens with zero attached hydrogens (tertiary/aromatic N) is 2. The predicted octanol–water partition coefficient (Wildman–Crippen LogP) is 3.33. The minimum Gasteiger partial charge on any atom is -0.497 e. The molecule has 35 heavy (non-hydrogen) atoms. The van der Waals surface area contributed by atoms with Crippen LogP contribution in [0.3, 0.4) is 0 Å². The molecule has 2 rings (SSSR count). The zero-order chi connectivity index (χ0) is 26.3. The van der Waals surface area contributed by atoms with Crippen molar-refractivity contribution >= 4 is 50.7 Å². The number of rotatable bonds is 11. The van der Waals surface area contributed by atoms with Crippen LogP contribution in [0.15, 0.2) is 36.4 Å². The Balaban J connectivity index is 2.55. The topological polar surface area (TPSA) is 105 Å². The van der Waals surface area contributed by atoms with Gasteiger partial charge in [-0.15, -0.1) is 0 Å². The standard InChI is InChI=1S/C23H29Cl2N3O6S/c1-6-19(23(30)26-2)27(13-16-17(24)8-7-9-18(16)25)22(29)14-28(35(5,31)32)20-11-10-15(33-3)12-21(20)34-4/h7-12,19H,6,13-14H2,1-5H3,(H,26,30). The number of likely N-dealkylation sites (N-methyl/N-ethyl adjacent to an activating group) is 1. The molecule has 2 aromatic rings. The molecule has 2 amide bonds. The number of ether oxygens (including phenoxy) is 2. The molecule has 1 unspecified atom stereocenters. The maximum atomic E-state index is 13.6. The van der Waals surface area contributed by atoms with E-state index in [1.54, 1.807) is 31.2 Å². The Kier molecular flexibility index (Phi) is 10.1. The van der Waals surface area contributed by atoms with Gasteiger partial charge in [-0.05, 0) is 30.7 Å². The molecule has 9 nitrogen and oxygen atoms in total. The third kappa shape index (κ3) is 6.93. The van der Waals surface area contributed by atoms with E-state index in [4.69, 9.17) is 32.7 Å². The third-order valence-corrected chi connectivity index (χ3v) is 7.19. The highest BCUT2D eigenvalue weighted by Gasteiger charge is 2.33. The molecular formula is C23H29Cl2N3O6S. The van der Waals surface area contributed by atoms with Gasteiger partial charge in [0.1, 0.15) is 24.1 Å². The number of halogens is 2. The summed E-state index contributed by atoms with van der Waals surface area (Å²) in [5.74, 6) is -0.385. The van der Waals surface area contributed by atoms with Crippen molar-refractivity contribution < 1.29 is 27.5 Å². The summed E-state index contributed by atoms with van der Waals surface area (Å²) in [6, 6.07) is 8.57. The number of carbonyl (C=O) groups is 2. The number of sulfonamides is 1. The Morgan fingerprint density at radius 3 is 2.20 bits per heavy atom. The van der Waals surface area contributed by atoms with E-state index in [2.05, 4.69) is 5.32 Å². The van der Waals surface area contributed by atoms with Crippen LogP contribution >= 0.6 is 23.2 Å². The summed E-state index contributed by atoms with van der Waals surface area (Å²) in [6.07, 6.45) is 1.26. The molecule has 0 fully saturated rings. The van der Waals surface area contributed by atoms with Crippen LogP contribution < -0.4 is 19.1 Å². The third-order valence-electron chi connectivity index (χ3n) is 5.36. The highest BCUT2D eigenvalue weighted by atomic mass is 35.5. The maximum absolute atomic E-state index is 13.6. The molecule has 0 aliphatic heterocycles. The Hall–Kier alpha value is -2.69. The summed E-state index contributed by atoms with van der Waals surface area (Å²) < 4.78 is 37.0. The molecule has 0 aliphatic carbocycles. The molecule has 0 saturated heterocycles. The average Bonchev–Trinajstić information content (AvgIpc) is 2.82. The van der Waals surface area contributed by atoms with E-state index < -0.39 is 34.4 Å². The summed E-state index contributed by atoms with van der Waals surface area (Å²) in [5, 5.41) is 3.18. The molecule has 1 atom stereocenters. The molecule has 0 aromatic heterocycles. The molecule has 0 aliphatic rings. The number of amides is 2. The quantitative estimate of drug-likeness (QED) is 0.464. The van der Waals surface area contributed by atoms with Crippen molar-refractivity contribution in [3.05, 3.63) is 52.0 Å². The number of carbonyl (C=O) groups excluding carboxylic acids is 2. The zero-order valence-corrected chi connectivity index (χ0v) is 22.5. The predicted molar refractivity (Wildman–Crippen MR) is 137 cm³/mol. The van der Waals surface area contributed by atoms with Gasteiger partial charge in [0.25, 0.3) is 0 Å². The molecule has 2 aromatic carbocycles. The molecule has 192 valence electrons. The molecule has 1 N–H and O–H groups in total. The molecule has 0 heterocycles. The summed E-state index contributed by atoms with van der Waals surface area (Å²) >= 11 is 12.6. The maximum Gasteiger partial charge on any atom is 0.244 e. The second-order valence-corrected chi connectivity index (χ2v) is 10.3. The van der Waals surface area contributed by atoms with Gasteiger partial charge < -0.3 is 19.7 Å². The highest BCUT2D eigenvalue weighted by molar-refractivity contribution is 7.92. The fraction of sp³-hybridized carbons (Fsp3) is 0.391. The van der Waals surface area contributed by atoms with Crippen molar-refractivity contribution in [3.63, 3.8) is 0 Å². The smallest absolute Gasteiger partial charge is 0.244 e. The summed E-state index contributed by atoms with van der Waals surface area (Å²) in [5.41, 5.74) is 0.590. The first-order valence-electron chi connectivity index (χ1n) is 10.6. The lowest BCUT2D eigenvalue weighted by molar-refractivity contribution is -0.140. The lowest BCUT2D eigenvalue weighted by atomic mass is 10.1. The lowest BCUT2D eigenvalue weighted by Crippen LogP contribution is -2.51. The van der Waals surface area contributed by atoms with Crippen molar-refractivity contribution in [2.45, 2.75) is 25.9 Å². The minimum absolute atomic E-state index is 0.0966. The van der Waals surface area contributed by atoms with Crippen LogP contribution in [0.4, 0.5) is 5.69 Å². The number of nitrogens with one attached hydrogen (secondary N) is 1. The molecule has 0 spiro atoms. The van der Waals surface area contributed by atoms with E-state index in [9.17, 15) is 18.0 Å². The Morgan fingerprint density at radius 1 is 1.09 bits per heavy atom. The van der Waals surface area contributed by atoms with Crippen LogP contribution in [0, 0.1) is 0 Å². The van der Waals surface area contributed by atoms with Crippen LogP contribution in [-0.2, 0) is 26.2 Å². The second-order valence-electron chi connectivity index (χ2n) is 7.57. The van der Waals surface area contributed by atoms with Gasteiger partial charge in [-0.3, -0.25) is 13.9 Å². The fourth-order valence-electron chi connectivity index (χ4n) is 3.53. The number of benzene rings is 2. The number of anilines is 1. The first kappa shape index (κ1) is 28.5. The van der Waals surface area contributed by atoms with E-state index in [1.165, 1.54) is 38.3 Å². The van der Waals surface area contributed by atoms with E-state index >= 15 is 0 Å².